The molecule has 0 radical (unpaired) electrons. The van der Waals surface area contributed by atoms with Gasteiger partial charge in [0, 0.05) is 5.56 Å². The third-order valence-corrected chi connectivity index (χ3v) is 8.78. The molecule has 0 saturated heterocycles. The van der Waals surface area contributed by atoms with Gasteiger partial charge in [-0.2, -0.15) is 9.78 Å². The molecule has 1 heterocycles. The summed E-state index contributed by atoms with van der Waals surface area (Å²) in [5.41, 5.74) is 4.85. The largest absolute Gasteiger partial charge is 0.494 e. The Kier molecular flexibility index (Phi) is 10.2. The summed E-state index contributed by atoms with van der Waals surface area (Å²) in [6.45, 7) is 8.95. The van der Waals surface area contributed by atoms with E-state index in [1.165, 1.54) is 4.68 Å². The van der Waals surface area contributed by atoms with Crippen LogP contribution in [0, 0.1) is 14.1 Å². The fourth-order valence-corrected chi connectivity index (χ4v) is 7.07. The molecule has 0 aliphatic rings. The first-order valence-corrected chi connectivity index (χ1v) is 16.5. The van der Waals surface area contributed by atoms with Gasteiger partial charge in [0.2, 0.25) is 0 Å². The highest BCUT2D eigenvalue weighted by molar-refractivity contribution is 14.1. The molecule has 0 aliphatic heterocycles. The summed E-state index contributed by atoms with van der Waals surface area (Å²) in [4.78, 5) is 30.1. The molecule has 0 unspecified atom stereocenters. The average molecular weight is 827 g/mol. The van der Waals surface area contributed by atoms with Crippen LogP contribution in [0.3, 0.4) is 0 Å². The molecule has 0 aliphatic carbocycles. The summed E-state index contributed by atoms with van der Waals surface area (Å²) in [6, 6.07) is 21.9. The van der Waals surface area contributed by atoms with Gasteiger partial charge >= 0.3 is 5.97 Å². The highest BCUT2D eigenvalue weighted by Gasteiger charge is 2.19. The molecular formula is C35H31I2N3O5. The quantitative estimate of drug-likeness (QED) is 0.112. The van der Waals surface area contributed by atoms with Crippen molar-refractivity contribution in [3.63, 3.8) is 0 Å². The van der Waals surface area contributed by atoms with Crippen LogP contribution in [-0.2, 0) is 6.61 Å². The van der Waals surface area contributed by atoms with E-state index in [2.05, 4.69) is 65.1 Å². The summed E-state index contributed by atoms with van der Waals surface area (Å²) in [7, 11) is 0. The van der Waals surface area contributed by atoms with Gasteiger partial charge in [-0.1, -0.05) is 38.1 Å². The lowest BCUT2D eigenvalue weighted by Gasteiger charge is -2.18. The Morgan fingerprint density at radius 3 is 2.44 bits per heavy atom. The molecule has 10 heteroatoms. The summed E-state index contributed by atoms with van der Waals surface area (Å²) in [5, 5.41) is 14.5. The van der Waals surface area contributed by atoms with Crippen LogP contribution in [0.1, 0.15) is 59.3 Å². The second-order valence-corrected chi connectivity index (χ2v) is 13.0. The molecule has 0 spiro atoms. The Hall–Kier alpha value is -3.78. The SMILES string of the molecule is CCOc1cc(C)c(-c2nc3ccccc3c(=O)n2N=Cc2cc(I)c(OCc3cccc(C(=O)O)c3)c(I)c2)cc1C(C)C. The van der Waals surface area contributed by atoms with Gasteiger partial charge in [0.1, 0.15) is 18.1 Å². The fraction of sp³-hybridized carbons (Fsp3) is 0.200. The molecule has 0 atom stereocenters. The molecule has 230 valence electrons. The molecule has 45 heavy (non-hydrogen) atoms. The summed E-state index contributed by atoms with van der Waals surface area (Å²) in [5.74, 6) is 1.18. The van der Waals surface area contributed by atoms with E-state index in [-0.39, 0.29) is 23.6 Å². The van der Waals surface area contributed by atoms with E-state index >= 15 is 0 Å². The topological polar surface area (TPSA) is 103 Å². The van der Waals surface area contributed by atoms with Crippen LogP contribution in [0.4, 0.5) is 0 Å². The van der Waals surface area contributed by atoms with Crippen LogP contribution in [0.2, 0.25) is 0 Å². The minimum atomic E-state index is -0.980. The Labute approximate surface area is 288 Å². The second-order valence-electron chi connectivity index (χ2n) is 10.7. The van der Waals surface area contributed by atoms with Gasteiger partial charge in [-0.3, -0.25) is 4.79 Å². The lowest BCUT2D eigenvalue weighted by Crippen LogP contribution is -2.21. The maximum absolute atomic E-state index is 13.8. The molecule has 5 rings (SSSR count). The van der Waals surface area contributed by atoms with E-state index in [0.717, 1.165) is 40.7 Å². The van der Waals surface area contributed by atoms with Crippen molar-refractivity contribution >= 4 is 68.3 Å². The number of halogens is 2. The number of hydrogen-bond donors (Lipinski definition) is 1. The summed E-state index contributed by atoms with van der Waals surface area (Å²) >= 11 is 4.41. The minimum Gasteiger partial charge on any atom is -0.494 e. The van der Waals surface area contributed by atoms with Crippen LogP contribution in [-0.4, -0.2) is 33.6 Å². The van der Waals surface area contributed by atoms with Gasteiger partial charge in [0.15, 0.2) is 5.82 Å². The van der Waals surface area contributed by atoms with E-state index in [4.69, 9.17) is 19.6 Å². The number of carbonyl (C=O) groups is 1. The lowest BCUT2D eigenvalue weighted by atomic mass is 9.96. The first kappa shape index (κ1) is 32.6. The molecule has 1 N–H and O–H groups in total. The van der Waals surface area contributed by atoms with E-state index < -0.39 is 5.97 Å². The number of nitrogens with zero attached hydrogens (tertiary/aromatic N) is 3. The maximum Gasteiger partial charge on any atom is 0.335 e. The number of aromatic nitrogens is 2. The van der Waals surface area contributed by atoms with Crippen LogP contribution < -0.4 is 15.0 Å². The zero-order chi connectivity index (χ0) is 32.2. The van der Waals surface area contributed by atoms with Crippen molar-refractivity contribution in [2.45, 2.75) is 40.2 Å². The first-order chi connectivity index (χ1) is 21.6. The summed E-state index contributed by atoms with van der Waals surface area (Å²) in [6.07, 6.45) is 1.65. The maximum atomic E-state index is 13.8. The van der Waals surface area contributed by atoms with Crippen molar-refractivity contribution in [3.05, 3.63) is 118 Å². The summed E-state index contributed by atoms with van der Waals surface area (Å²) < 4.78 is 15.1. The first-order valence-electron chi connectivity index (χ1n) is 14.3. The number of aromatic carboxylic acids is 1. The van der Waals surface area contributed by atoms with Crippen molar-refractivity contribution in [2.75, 3.05) is 6.61 Å². The van der Waals surface area contributed by atoms with Gasteiger partial charge in [-0.15, -0.1) is 0 Å². The molecule has 0 saturated carbocycles. The number of hydrogen-bond acceptors (Lipinski definition) is 6. The van der Waals surface area contributed by atoms with E-state index in [0.29, 0.717) is 29.1 Å². The van der Waals surface area contributed by atoms with E-state index in [1.54, 1.807) is 30.5 Å². The predicted octanol–water partition coefficient (Wildman–Crippen LogP) is 8.26. The van der Waals surface area contributed by atoms with E-state index in [9.17, 15) is 14.7 Å². The van der Waals surface area contributed by atoms with Crippen molar-refractivity contribution < 1.29 is 19.4 Å². The monoisotopic (exact) mass is 827 g/mol. The average Bonchev–Trinajstić information content (AvgIpc) is 3.00. The number of para-hydroxylation sites is 1. The molecule has 0 fully saturated rings. The van der Waals surface area contributed by atoms with E-state index in [1.807, 2.05) is 56.3 Å². The van der Waals surface area contributed by atoms with Gasteiger partial charge in [0.25, 0.3) is 5.56 Å². The van der Waals surface area contributed by atoms with Crippen LogP contribution in [0.5, 0.6) is 11.5 Å². The van der Waals surface area contributed by atoms with Crippen molar-refractivity contribution in [1.82, 2.24) is 9.66 Å². The number of ether oxygens (including phenoxy) is 2. The zero-order valence-electron chi connectivity index (χ0n) is 25.2. The Balaban J connectivity index is 1.54. The van der Waals surface area contributed by atoms with Crippen molar-refractivity contribution in [2.24, 2.45) is 5.10 Å². The zero-order valence-corrected chi connectivity index (χ0v) is 29.5. The minimum absolute atomic E-state index is 0.195. The Bertz CT molecular complexity index is 1980. The van der Waals surface area contributed by atoms with Gasteiger partial charge in [0.05, 0.1) is 36.4 Å². The number of carboxylic acid groups (broad SMARTS) is 1. The standard InChI is InChI=1S/C35H31I2N3O5/c1-5-44-31-13-21(4)27(17-26(31)20(2)3)33-39-30-12-7-6-11-25(30)34(41)40(33)38-18-23-15-28(36)32(29(37)16-23)45-19-22-9-8-10-24(14-22)35(42)43/h6-18,20H,5,19H2,1-4H3,(H,42,43). The Morgan fingerprint density at radius 1 is 1.02 bits per heavy atom. The number of fused-ring (bicyclic) bond motifs is 1. The van der Waals surface area contributed by atoms with Gasteiger partial charge < -0.3 is 14.6 Å². The van der Waals surface area contributed by atoms with Gasteiger partial charge in [-0.25, -0.2) is 9.78 Å². The number of rotatable bonds is 10. The molecule has 4 aromatic carbocycles. The van der Waals surface area contributed by atoms with Crippen molar-refractivity contribution in [1.29, 1.82) is 0 Å². The predicted molar refractivity (Wildman–Crippen MR) is 194 cm³/mol. The highest BCUT2D eigenvalue weighted by Crippen LogP contribution is 2.34. The normalized spacial score (nSPS) is 11.4. The third-order valence-electron chi connectivity index (χ3n) is 7.17. The fourth-order valence-electron chi connectivity index (χ4n) is 4.94. The molecule has 1 aromatic heterocycles. The Morgan fingerprint density at radius 2 is 1.76 bits per heavy atom. The van der Waals surface area contributed by atoms with Crippen LogP contribution in [0.25, 0.3) is 22.3 Å². The van der Waals surface area contributed by atoms with Gasteiger partial charge in [-0.05, 0) is 136 Å². The molecule has 0 amide bonds. The van der Waals surface area contributed by atoms with Crippen molar-refractivity contribution in [3.8, 4) is 22.9 Å². The molecule has 8 nitrogen and oxygen atoms in total. The smallest absolute Gasteiger partial charge is 0.335 e. The highest BCUT2D eigenvalue weighted by atomic mass is 127. The third kappa shape index (κ3) is 7.22. The number of aryl methyl sites for hydroxylation is 1. The molecular weight excluding hydrogens is 796 g/mol. The molecule has 0 bridgehead atoms. The van der Waals surface area contributed by atoms with Crippen LogP contribution >= 0.6 is 45.2 Å². The molecule has 5 aromatic rings. The lowest BCUT2D eigenvalue weighted by molar-refractivity contribution is 0.0696. The second kappa shape index (κ2) is 14.1. The van der Waals surface area contributed by atoms with Crippen LogP contribution in [0.15, 0.2) is 82.7 Å². The number of carboxylic acids is 1. The number of benzene rings is 4.